The Hall–Kier alpha value is -0.780. The van der Waals surface area contributed by atoms with Crippen LogP contribution in [0.1, 0.15) is 13.8 Å². The van der Waals surface area contributed by atoms with Crippen molar-refractivity contribution < 1.29 is 0 Å². The molecule has 0 rings (SSSR count). The molecular formula is C9H11B2. The molecule has 3 radical (unpaired) electrons. The minimum absolute atomic E-state index is 0.348. The summed E-state index contributed by atoms with van der Waals surface area (Å²) in [5, 5.41) is 0.348. The molecule has 0 aromatic rings. The van der Waals surface area contributed by atoms with E-state index < -0.39 is 0 Å². The van der Waals surface area contributed by atoms with Crippen LogP contribution < -0.4 is 0 Å². The van der Waals surface area contributed by atoms with Crippen molar-refractivity contribution in [1.82, 2.24) is 0 Å². The van der Waals surface area contributed by atoms with Gasteiger partial charge in [-0.05, 0) is 0 Å². The molecule has 0 saturated carbocycles. The maximum absolute atomic E-state index is 5.40. The van der Waals surface area contributed by atoms with Gasteiger partial charge in [0.15, 0.2) is 0 Å². The molecule has 0 unspecified atom stereocenters. The van der Waals surface area contributed by atoms with E-state index in [4.69, 9.17) is 15.3 Å². The Labute approximate surface area is 71.2 Å². The molecule has 0 N–H and O–H groups in total. The van der Waals surface area contributed by atoms with E-state index in [9.17, 15) is 0 Å². The van der Waals surface area contributed by atoms with Gasteiger partial charge in [-0.1, -0.05) is 0 Å². The van der Waals surface area contributed by atoms with E-state index in [-0.39, 0.29) is 0 Å². The Balaban J connectivity index is 4.45. The van der Waals surface area contributed by atoms with E-state index in [0.29, 0.717) is 5.36 Å². The van der Waals surface area contributed by atoms with Crippen molar-refractivity contribution in [3.05, 3.63) is 36.0 Å². The van der Waals surface area contributed by atoms with Crippen LogP contribution in [-0.4, -0.2) is 20.7 Å². The van der Waals surface area contributed by atoms with E-state index in [1.165, 1.54) is 0 Å². The van der Waals surface area contributed by atoms with Gasteiger partial charge in [0.25, 0.3) is 0 Å². The molecule has 0 fully saturated rings. The summed E-state index contributed by atoms with van der Waals surface area (Å²) in [5.74, 6) is 0. The van der Waals surface area contributed by atoms with Gasteiger partial charge in [0, 0.05) is 0 Å². The summed E-state index contributed by atoms with van der Waals surface area (Å²) in [6, 6.07) is 0. The minimum atomic E-state index is 0.348. The summed E-state index contributed by atoms with van der Waals surface area (Å²) in [6.07, 6.45) is 9.46. The number of allylic oxidation sites excluding steroid dienone is 6. The second-order valence-electron chi connectivity index (χ2n) is 2.10. The molecule has 0 nitrogen and oxygen atoms in total. The fraction of sp³-hybridized carbons (Fsp3) is 0.222. The Kier molecular flexibility index (Phi) is 5.54. The van der Waals surface area contributed by atoms with Crippen LogP contribution in [0.3, 0.4) is 0 Å². The number of hydrogen-bond donors (Lipinski definition) is 0. The second-order valence-corrected chi connectivity index (χ2v) is 2.10. The number of hydrogen-bond acceptors (Lipinski definition) is 0. The number of rotatable bonds is 3. The van der Waals surface area contributed by atoms with Gasteiger partial charge in [0.2, 0.25) is 0 Å². The van der Waals surface area contributed by atoms with Gasteiger partial charge in [0.05, 0.1) is 0 Å². The molecule has 0 aromatic heterocycles. The van der Waals surface area contributed by atoms with Crippen LogP contribution in [0.4, 0.5) is 0 Å². The zero-order valence-corrected chi connectivity index (χ0v) is 7.04. The van der Waals surface area contributed by atoms with E-state index in [0.717, 1.165) is 5.57 Å². The first-order valence-electron chi connectivity index (χ1n) is 3.56. The summed E-state index contributed by atoms with van der Waals surface area (Å²) >= 11 is 0. The summed E-state index contributed by atoms with van der Waals surface area (Å²) in [6.45, 7) is 3.86. The molecule has 0 heterocycles. The normalized spacial score (nSPS) is 13.0. The zero-order valence-electron chi connectivity index (χ0n) is 7.04. The summed E-state index contributed by atoms with van der Waals surface area (Å²) in [5.41, 5.74) is 0.852. The van der Waals surface area contributed by atoms with Crippen LogP contribution in [0.2, 0.25) is 0 Å². The quantitative estimate of drug-likeness (QED) is 0.412. The molecule has 0 atom stereocenters. The van der Waals surface area contributed by atoms with Gasteiger partial charge in [-0.25, -0.2) is 0 Å². The van der Waals surface area contributed by atoms with Gasteiger partial charge < -0.3 is 0 Å². The van der Waals surface area contributed by atoms with Gasteiger partial charge in [-0.15, -0.1) is 0 Å². The van der Waals surface area contributed by atoms with E-state index >= 15 is 0 Å². The second kappa shape index (κ2) is 5.96. The topological polar surface area (TPSA) is 0 Å². The molecule has 0 bridgehead atoms. The monoisotopic (exact) mass is 141 g/mol. The molecule has 0 saturated heterocycles. The van der Waals surface area contributed by atoms with Crippen LogP contribution >= 0.6 is 0 Å². The fourth-order valence-corrected chi connectivity index (χ4v) is 0.627. The van der Waals surface area contributed by atoms with Crippen molar-refractivity contribution in [3.8, 4) is 0 Å². The molecule has 0 spiro atoms. The van der Waals surface area contributed by atoms with Crippen LogP contribution in [0.5, 0.6) is 0 Å². The van der Waals surface area contributed by atoms with Gasteiger partial charge >= 0.3 is 70.5 Å². The van der Waals surface area contributed by atoms with Crippen molar-refractivity contribution in [2.75, 3.05) is 0 Å². The third-order valence-corrected chi connectivity index (χ3v) is 1.15. The molecule has 0 aromatic carbocycles. The van der Waals surface area contributed by atoms with Crippen molar-refractivity contribution in [3.63, 3.8) is 0 Å². The van der Waals surface area contributed by atoms with Gasteiger partial charge in [-0.2, -0.15) is 0 Å². The average Bonchev–Trinajstić information content (AvgIpc) is 1.97. The first kappa shape index (κ1) is 10.2. The van der Waals surface area contributed by atoms with E-state index in [1.54, 1.807) is 0 Å². The third-order valence-electron chi connectivity index (χ3n) is 1.15. The Morgan fingerprint density at radius 3 is 2.18 bits per heavy atom. The van der Waals surface area contributed by atoms with Crippen molar-refractivity contribution in [1.29, 1.82) is 0 Å². The molecule has 11 heavy (non-hydrogen) atoms. The van der Waals surface area contributed by atoms with Crippen LogP contribution in [0.25, 0.3) is 0 Å². The zero-order chi connectivity index (χ0) is 8.69. The summed E-state index contributed by atoms with van der Waals surface area (Å²) < 4.78 is 0. The average molecular weight is 141 g/mol. The predicted octanol–water partition coefficient (Wildman–Crippen LogP) is 1.53. The fourth-order valence-electron chi connectivity index (χ4n) is 0.627. The molecule has 0 amide bonds. The van der Waals surface area contributed by atoms with Crippen molar-refractivity contribution >= 4 is 20.7 Å². The SMILES string of the molecule is [B]C(=[B])C(/C=C\C)=C/C=C\C. The Morgan fingerprint density at radius 1 is 1.18 bits per heavy atom. The summed E-state index contributed by atoms with van der Waals surface area (Å²) in [7, 11) is 10.8. The van der Waals surface area contributed by atoms with E-state index in [1.807, 2.05) is 44.2 Å². The first-order chi connectivity index (χ1) is 5.22. The third kappa shape index (κ3) is 4.60. The van der Waals surface area contributed by atoms with Gasteiger partial charge in [-0.3, -0.25) is 0 Å². The van der Waals surface area contributed by atoms with E-state index in [2.05, 4.69) is 0 Å². The van der Waals surface area contributed by atoms with Crippen LogP contribution in [0, 0.1) is 0 Å². The molecule has 53 valence electrons. The molecule has 0 aliphatic rings. The molecule has 0 aliphatic carbocycles. The Bertz CT molecular complexity index is 210. The van der Waals surface area contributed by atoms with Crippen molar-refractivity contribution in [2.24, 2.45) is 0 Å². The van der Waals surface area contributed by atoms with Gasteiger partial charge in [0.1, 0.15) is 0 Å². The Morgan fingerprint density at radius 2 is 1.82 bits per heavy atom. The standard InChI is InChI=1S/C9H11B2/c1-3-5-7-8(6-4-2)9(10)11/h3-7H,1-2H3/b5-3-,6-4-,8-7+. The molecule has 0 aliphatic heterocycles. The van der Waals surface area contributed by atoms with Crippen LogP contribution in [-0.2, 0) is 0 Å². The molecule has 2 heteroatoms. The first-order valence-corrected chi connectivity index (χ1v) is 3.56. The summed E-state index contributed by atoms with van der Waals surface area (Å²) in [4.78, 5) is 0. The maximum atomic E-state index is 5.40. The van der Waals surface area contributed by atoms with Crippen molar-refractivity contribution in [2.45, 2.75) is 13.8 Å². The predicted molar refractivity (Wildman–Crippen MR) is 54.2 cm³/mol. The van der Waals surface area contributed by atoms with Crippen LogP contribution in [0.15, 0.2) is 36.0 Å². The molecular weight excluding hydrogens is 130 g/mol.